The Bertz CT molecular complexity index is 978. The summed E-state index contributed by atoms with van der Waals surface area (Å²) in [6.45, 7) is 0. The molecule has 0 saturated heterocycles. The molecule has 0 aliphatic carbocycles. The zero-order valence-corrected chi connectivity index (χ0v) is 11.8. The lowest BCUT2D eigenvalue weighted by Crippen LogP contribution is -2.02. The Morgan fingerprint density at radius 3 is 2.52 bits per heavy atom. The molecule has 3 rings (SSSR count). The molecule has 0 atom stereocenters. The van der Waals surface area contributed by atoms with Crippen LogP contribution in [0.1, 0.15) is 0 Å². The minimum Gasteiger partial charge on any atom is -0.504 e. The van der Waals surface area contributed by atoms with Gasteiger partial charge in [-0.3, -0.25) is 4.79 Å². The number of methoxy groups -OCH3 is 1. The largest absolute Gasteiger partial charge is 0.504 e. The van der Waals surface area contributed by atoms with E-state index in [4.69, 9.17) is 9.15 Å². The van der Waals surface area contributed by atoms with E-state index in [-0.39, 0.29) is 28.0 Å². The molecule has 0 radical (unpaired) electrons. The number of hydrogen-bond donors (Lipinski definition) is 2. The fourth-order valence-electron chi connectivity index (χ4n) is 2.29. The smallest absolute Gasteiger partial charge is 0.203 e. The number of hydrogen-bond acceptors (Lipinski definition) is 5. The van der Waals surface area contributed by atoms with Gasteiger partial charge in [0.15, 0.2) is 16.9 Å². The van der Waals surface area contributed by atoms with E-state index in [0.29, 0.717) is 6.07 Å². The maximum atomic E-state index is 13.8. The summed E-state index contributed by atoms with van der Waals surface area (Å²) in [4.78, 5) is 12.2. The van der Waals surface area contributed by atoms with Gasteiger partial charge in [0.25, 0.3) is 0 Å². The molecule has 118 valence electrons. The molecule has 0 aliphatic rings. The molecule has 0 spiro atoms. The van der Waals surface area contributed by atoms with Gasteiger partial charge in [-0.1, -0.05) is 0 Å². The minimum atomic E-state index is -0.908. The molecule has 0 saturated carbocycles. The van der Waals surface area contributed by atoms with Gasteiger partial charge in [-0.2, -0.15) is 0 Å². The van der Waals surface area contributed by atoms with Crippen LogP contribution in [0.2, 0.25) is 0 Å². The molecule has 2 N–H and O–H groups in total. The Kier molecular flexibility index (Phi) is 3.40. The molecule has 3 aromatic rings. The van der Waals surface area contributed by atoms with Crippen molar-refractivity contribution in [2.45, 2.75) is 0 Å². The van der Waals surface area contributed by atoms with Crippen LogP contribution in [-0.2, 0) is 0 Å². The lowest BCUT2D eigenvalue weighted by atomic mass is 10.1. The first-order valence-corrected chi connectivity index (χ1v) is 6.44. The Morgan fingerprint density at radius 1 is 1.13 bits per heavy atom. The van der Waals surface area contributed by atoms with E-state index in [1.54, 1.807) is 0 Å². The summed E-state index contributed by atoms with van der Waals surface area (Å²) in [6, 6.07) is 4.83. The number of phenolic OH excluding ortho intramolecular Hbond substituents is 2. The Labute approximate surface area is 128 Å². The lowest BCUT2D eigenvalue weighted by molar-refractivity contribution is 0.346. The molecule has 0 unspecified atom stereocenters. The number of fused-ring (bicyclic) bond motifs is 1. The lowest BCUT2D eigenvalue weighted by Gasteiger charge is -2.09. The van der Waals surface area contributed by atoms with Crippen molar-refractivity contribution in [3.8, 4) is 28.6 Å². The summed E-state index contributed by atoms with van der Waals surface area (Å²) in [5.41, 5.74) is -0.951. The third-order valence-electron chi connectivity index (χ3n) is 3.33. The highest BCUT2D eigenvalue weighted by Crippen LogP contribution is 2.41. The van der Waals surface area contributed by atoms with Crippen LogP contribution in [0.25, 0.3) is 22.3 Å². The third-order valence-corrected chi connectivity index (χ3v) is 3.33. The second kappa shape index (κ2) is 5.28. The summed E-state index contributed by atoms with van der Waals surface area (Å²) in [5, 5.41) is 19.5. The van der Waals surface area contributed by atoms with Crippen molar-refractivity contribution in [2.24, 2.45) is 0 Å². The van der Waals surface area contributed by atoms with Crippen LogP contribution in [0.15, 0.2) is 39.5 Å². The van der Waals surface area contributed by atoms with Crippen molar-refractivity contribution in [3.63, 3.8) is 0 Å². The highest BCUT2D eigenvalue weighted by molar-refractivity contribution is 5.89. The quantitative estimate of drug-likeness (QED) is 0.758. The van der Waals surface area contributed by atoms with Crippen molar-refractivity contribution < 1.29 is 28.1 Å². The van der Waals surface area contributed by atoms with Crippen molar-refractivity contribution in [1.29, 1.82) is 0 Å². The van der Waals surface area contributed by atoms with Crippen LogP contribution in [0.3, 0.4) is 0 Å². The van der Waals surface area contributed by atoms with E-state index in [1.165, 1.54) is 7.11 Å². The van der Waals surface area contributed by atoms with Crippen LogP contribution in [0.5, 0.6) is 17.2 Å². The van der Waals surface area contributed by atoms with Gasteiger partial charge in [-0.25, -0.2) is 8.78 Å². The zero-order chi connectivity index (χ0) is 16.7. The summed E-state index contributed by atoms with van der Waals surface area (Å²) in [5.74, 6) is -3.14. The maximum absolute atomic E-state index is 13.8. The van der Waals surface area contributed by atoms with Crippen molar-refractivity contribution in [2.75, 3.05) is 7.11 Å². The first-order valence-electron chi connectivity index (χ1n) is 6.44. The van der Waals surface area contributed by atoms with Gasteiger partial charge in [0.2, 0.25) is 5.75 Å². The predicted molar refractivity (Wildman–Crippen MR) is 77.7 cm³/mol. The molecule has 5 nitrogen and oxygen atoms in total. The maximum Gasteiger partial charge on any atom is 0.203 e. The molecule has 1 heterocycles. The summed E-state index contributed by atoms with van der Waals surface area (Å²) in [7, 11) is 1.21. The van der Waals surface area contributed by atoms with Crippen LogP contribution in [-0.4, -0.2) is 17.3 Å². The molecule has 0 amide bonds. The minimum absolute atomic E-state index is 0.125. The van der Waals surface area contributed by atoms with E-state index >= 15 is 0 Å². The van der Waals surface area contributed by atoms with E-state index in [9.17, 15) is 23.8 Å². The SMILES string of the molecule is COc1c(O)cc2oc(-c3ccc(F)cc3F)cc(=O)c2c1O. The van der Waals surface area contributed by atoms with Gasteiger partial charge in [0.1, 0.15) is 28.4 Å². The zero-order valence-electron chi connectivity index (χ0n) is 11.8. The molecule has 0 aliphatic heterocycles. The van der Waals surface area contributed by atoms with E-state index in [0.717, 1.165) is 24.3 Å². The van der Waals surface area contributed by atoms with Crippen LogP contribution in [0.4, 0.5) is 8.78 Å². The number of ether oxygens (including phenoxy) is 1. The molecule has 2 aromatic carbocycles. The standard InChI is InChI=1S/C16H10F2O5/c1-22-16-11(20)6-13-14(15(16)21)10(19)5-12(23-13)8-3-2-7(17)4-9(8)18/h2-6,20-21H,1H3. The van der Waals surface area contributed by atoms with Gasteiger partial charge in [-0.15, -0.1) is 0 Å². The highest BCUT2D eigenvalue weighted by Gasteiger charge is 2.19. The second-order valence-electron chi connectivity index (χ2n) is 4.75. The Balaban J connectivity index is 2.33. The van der Waals surface area contributed by atoms with E-state index in [2.05, 4.69) is 0 Å². The van der Waals surface area contributed by atoms with Gasteiger partial charge in [0, 0.05) is 18.2 Å². The summed E-state index contributed by atoms with van der Waals surface area (Å²) in [6.07, 6.45) is 0. The number of benzene rings is 2. The van der Waals surface area contributed by atoms with Crippen molar-refractivity contribution >= 4 is 11.0 Å². The normalized spacial score (nSPS) is 10.9. The molecular formula is C16H10F2O5. The Morgan fingerprint density at radius 2 is 1.87 bits per heavy atom. The molecule has 0 bridgehead atoms. The Hall–Kier alpha value is -3.09. The van der Waals surface area contributed by atoms with E-state index < -0.39 is 28.6 Å². The first kappa shape index (κ1) is 14.8. The molecule has 1 aromatic heterocycles. The number of rotatable bonds is 2. The number of phenols is 2. The van der Waals surface area contributed by atoms with Gasteiger partial charge in [-0.05, 0) is 12.1 Å². The van der Waals surface area contributed by atoms with Crippen molar-refractivity contribution in [3.05, 3.63) is 52.2 Å². The van der Waals surface area contributed by atoms with Crippen molar-refractivity contribution in [1.82, 2.24) is 0 Å². The monoisotopic (exact) mass is 320 g/mol. The fraction of sp³-hybridized carbons (Fsp3) is 0.0625. The summed E-state index contributed by atoms with van der Waals surface area (Å²) >= 11 is 0. The number of halogens is 2. The second-order valence-corrected chi connectivity index (χ2v) is 4.75. The molecule has 23 heavy (non-hydrogen) atoms. The predicted octanol–water partition coefficient (Wildman–Crippen LogP) is 3.16. The van der Waals surface area contributed by atoms with Gasteiger partial charge < -0.3 is 19.4 Å². The topological polar surface area (TPSA) is 79.9 Å². The highest BCUT2D eigenvalue weighted by atomic mass is 19.1. The van der Waals surface area contributed by atoms with Crippen LogP contribution >= 0.6 is 0 Å². The average Bonchev–Trinajstić information content (AvgIpc) is 2.46. The third kappa shape index (κ3) is 2.36. The summed E-state index contributed by atoms with van der Waals surface area (Å²) < 4.78 is 37.0. The average molecular weight is 320 g/mol. The van der Waals surface area contributed by atoms with Crippen LogP contribution in [0, 0.1) is 11.6 Å². The first-order chi connectivity index (χ1) is 10.9. The van der Waals surface area contributed by atoms with Gasteiger partial charge >= 0.3 is 0 Å². The molecule has 7 heteroatoms. The number of aromatic hydroxyl groups is 2. The fourth-order valence-corrected chi connectivity index (χ4v) is 2.29. The van der Waals surface area contributed by atoms with Crippen LogP contribution < -0.4 is 10.2 Å². The molecule has 0 fully saturated rings. The van der Waals surface area contributed by atoms with Gasteiger partial charge in [0.05, 0.1) is 12.7 Å². The van der Waals surface area contributed by atoms with E-state index in [1.807, 2.05) is 0 Å². The molecular weight excluding hydrogens is 310 g/mol.